The normalized spacial score (nSPS) is 11.6. The first-order chi connectivity index (χ1) is 16.7. The Balaban J connectivity index is 1.78. The van der Waals surface area contributed by atoms with Gasteiger partial charge in [-0.05, 0) is 72.6 Å². The van der Waals surface area contributed by atoms with Gasteiger partial charge in [0.1, 0.15) is 5.75 Å². The molecule has 0 amide bonds. The lowest BCUT2D eigenvalue weighted by atomic mass is 10.0. The number of benzene rings is 2. The van der Waals surface area contributed by atoms with Crippen molar-refractivity contribution in [2.75, 3.05) is 11.4 Å². The van der Waals surface area contributed by atoms with Gasteiger partial charge >= 0.3 is 0 Å². The highest BCUT2D eigenvalue weighted by atomic mass is 19.3. The number of hydrogen-bond acceptors (Lipinski definition) is 4. The molecule has 1 aromatic heterocycles. The highest BCUT2D eigenvalue weighted by Crippen LogP contribution is 2.27. The molecular weight excluding hydrogens is 444 g/mol. The molecule has 0 unspecified atom stereocenters. The predicted octanol–water partition coefficient (Wildman–Crippen LogP) is 6.98. The van der Waals surface area contributed by atoms with Crippen LogP contribution in [-0.4, -0.2) is 27.5 Å². The summed E-state index contributed by atoms with van der Waals surface area (Å²) in [5.41, 5.74) is 6.11. The third-order valence-corrected chi connectivity index (χ3v) is 6.45. The van der Waals surface area contributed by atoms with Gasteiger partial charge in [-0.15, -0.1) is 0 Å². The number of hydrogen-bond donors (Lipinski definition) is 1. The monoisotopic (exact) mass is 481 g/mol. The molecule has 35 heavy (non-hydrogen) atoms. The molecular formula is C29H37F2N3O. The predicted molar refractivity (Wildman–Crippen MR) is 138 cm³/mol. The summed E-state index contributed by atoms with van der Waals surface area (Å²) in [6.45, 7) is 9.04. The Bertz CT molecular complexity index is 1100. The van der Waals surface area contributed by atoms with Crippen molar-refractivity contribution < 1.29 is 13.9 Å². The van der Waals surface area contributed by atoms with Gasteiger partial charge in [0.05, 0.1) is 0 Å². The molecule has 0 radical (unpaired) electrons. The van der Waals surface area contributed by atoms with E-state index in [1.54, 1.807) is 13.0 Å². The van der Waals surface area contributed by atoms with Crippen LogP contribution in [0.4, 0.5) is 14.7 Å². The van der Waals surface area contributed by atoms with E-state index in [0.29, 0.717) is 37.6 Å². The summed E-state index contributed by atoms with van der Waals surface area (Å²) in [5, 5.41) is 10.00. The topological polar surface area (TPSA) is 49.2 Å². The third kappa shape index (κ3) is 7.74. The Morgan fingerprint density at radius 1 is 0.886 bits per heavy atom. The second kappa shape index (κ2) is 12.1. The van der Waals surface area contributed by atoms with Crippen LogP contribution in [0.2, 0.25) is 0 Å². The highest BCUT2D eigenvalue weighted by Gasteiger charge is 2.26. The van der Waals surface area contributed by atoms with Crippen LogP contribution in [0.15, 0.2) is 48.8 Å². The second-order valence-electron chi connectivity index (χ2n) is 9.41. The van der Waals surface area contributed by atoms with Gasteiger partial charge in [-0.25, -0.2) is 18.7 Å². The van der Waals surface area contributed by atoms with Crippen molar-refractivity contribution in [3.05, 3.63) is 82.2 Å². The SMILES string of the molecule is CCCC(F)(F)CCc1cccc(CN(CCc2cc(C)c(O)cc2C)c2ncc(CC)cn2)c1. The van der Waals surface area contributed by atoms with Crippen LogP contribution >= 0.6 is 0 Å². The molecule has 6 heteroatoms. The smallest absolute Gasteiger partial charge is 0.248 e. The fourth-order valence-electron chi connectivity index (χ4n) is 4.25. The van der Waals surface area contributed by atoms with Gasteiger partial charge in [0.15, 0.2) is 0 Å². The Labute approximate surface area is 208 Å². The number of rotatable bonds is 12. The molecule has 4 nitrogen and oxygen atoms in total. The quantitative estimate of drug-likeness (QED) is 0.303. The van der Waals surface area contributed by atoms with E-state index in [1.165, 1.54) is 5.56 Å². The molecule has 0 aliphatic rings. The number of anilines is 1. The molecule has 0 fully saturated rings. The molecule has 1 heterocycles. The van der Waals surface area contributed by atoms with Crippen molar-refractivity contribution in [3.63, 3.8) is 0 Å². The van der Waals surface area contributed by atoms with Gasteiger partial charge in [0.2, 0.25) is 11.9 Å². The average molecular weight is 482 g/mol. The summed E-state index contributed by atoms with van der Waals surface area (Å²) in [7, 11) is 0. The number of aromatic nitrogens is 2. The minimum absolute atomic E-state index is 0.0677. The van der Waals surface area contributed by atoms with Gasteiger partial charge in [-0.2, -0.15) is 0 Å². The zero-order valence-electron chi connectivity index (χ0n) is 21.3. The van der Waals surface area contributed by atoms with Crippen LogP contribution in [0, 0.1) is 13.8 Å². The lowest BCUT2D eigenvalue weighted by Crippen LogP contribution is -2.27. The number of aromatic hydroxyl groups is 1. The largest absolute Gasteiger partial charge is 0.508 e. The van der Waals surface area contributed by atoms with Crippen LogP contribution in [0.25, 0.3) is 0 Å². The third-order valence-electron chi connectivity index (χ3n) is 6.45. The first-order valence-corrected chi connectivity index (χ1v) is 12.5. The van der Waals surface area contributed by atoms with Crippen LogP contribution in [0.5, 0.6) is 5.75 Å². The molecule has 0 spiro atoms. The minimum atomic E-state index is -2.62. The maximum absolute atomic E-state index is 14.0. The molecule has 0 aliphatic heterocycles. The van der Waals surface area contributed by atoms with Crippen LogP contribution < -0.4 is 4.90 Å². The molecule has 1 N–H and O–H groups in total. The zero-order valence-corrected chi connectivity index (χ0v) is 21.3. The van der Waals surface area contributed by atoms with E-state index >= 15 is 0 Å². The molecule has 2 aromatic carbocycles. The molecule has 0 bridgehead atoms. The number of phenols is 1. The Morgan fingerprint density at radius 3 is 2.29 bits per heavy atom. The van der Waals surface area contributed by atoms with E-state index in [9.17, 15) is 13.9 Å². The highest BCUT2D eigenvalue weighted by molar-refractivity contribution is 5.42. The lowest BCUT2D eigenvalue weighted by Gasteiger charge is -2.24. The number of phenolic OH excluding ortho intramolecular Hbond substituents is 1. The summed E-state index contributed by atoms with van der Waals surface area (Å²) >= 11 is 0. The second-order valence-corrected chi connectivity index (χ2v) is 9.41. The Morgan fingerprint density at radius 2 is 1.60 bits per heavy atom. The van der Waals surface area contributed by atoms with E-state index in [4.69, 9.17) is 0 Å². The van der Waals surface area contributed by atoms with E-state index in [-0.39, 0.29) is 12.8 Å². The standard InChI is InChI=1S/C29H37F2N3O/c1-5-12-29(30,31)13-10-24-8-7-9-25(17-24)20-34(28-32-18-23(6-2)19-33-28)14-11-26-15-22(4)27(35)16-21(26)3/h7-9,15-19,35H,5-6,10-14,20H2,1-4H3. The summed E-state index contributed by atoms with van der Waals surface area (Å²) < 4.78 is 28.0. The van der Waals surface area contributed by atoms with Gasteiger partial charge < -0.3 is 10.0 Å². The molecule has 3 aromatic rings. The number of alkyl halides is 2. The average Bonchev–Trinajstić information content (AvgIpc) is 2.84. The van der Waals surface area contributed by atoms with E-state index in [2.05, 4.69) is 21.8 Å². The number of aryl methyl sites for hydroxylation is 4. The van der Waals surface area contributed by atoms with E-state index < -0.39 is 5.92 Å². The van der Waals surface area contributed by atoms with Gasteiger partial charge in [0.25, 0.3) is 0 Å². The molecule has 0 atom stereocenters. The van der Waals surface area contributed by atoms with Crippen molar-refractivity contribution in [3.8, 4) is 5.75 Å². The fourth-order valence-corrected chi connectivity index (χ4v) is 4.25. The number of nitrogens with zero attached hydrogens (tertiary/aromatic N) is 3. The Kier molecular flexibility index (Phi) is 9.19. The summed E-state index contributed by atoms with van der Waals surface area (Å²) in [6.07, 6.45) is 6.00. The van der Waals surface area contributed by atoms with Crippen LogP contribution in [-0.2, 0) is 25.8 Å². The molecule has 0 saturated heterocycles. The maximum Gasteiger partial charge on any atom is 0.248 e. The minimum Gasteiger partial charge on any atom is -0.508 e. The van der Waals surface area contributed by atoms with Crippen molar-refractivity contribution in [2.24, 2.45) is 0 Å². The first kappa shape index (κ1) is 26.6. The lowest BCUT2D eigenvalue weighted by molar-refractivity contribution is -0.0164. The molecule has 188 valence electrons. The van der Waals surface area contributed by atoms with E-state index in [0.717, 1.165) is 40.7 Å². The van der Waals surface area contributed by atoms with Crippen LogP contribution in [0.1, 0.15) is 66.5 Å². The fraction of sp³-hybridized carbons (Fsp3) is 0.448. The van der Waals surface area contributed by atoms with Crippen molar-refractivity contribution >= 4 is 5.95 Å². The zero-order chi connectivity index (χ0) is 25.4. The number of halogens is 2. The van der Waals surface area contributed by atoms with Crippen molar-refractivity contribution in [2.45, 2.75) is 78.7 Å². The van der Waals surface area contributed by atoms with Gasteiger partial charge in [0, 0.05) is 38.3 Å². The van der Waals surface area contributed by atoms with Crippen molar-refractivity contribution in [1.29, 1.82) is 0 Å². The first-order valence-electron chi connectivity index (χ1n) is 12.5. The van der Waals surface area contributed by atoms with Gasteiger partial charge in [-0.1, -0.05) is 50.6 Å². The molecule has 0 saturated carbocycles. The maximum atomic E-state index is 14.0. The summed E-state index contributed by atoms with van der Waals surface area (Å²) in [5.74, 6) is -1.66. The summed E-state index contributed by atoms with van der Waals surface area (Å²) in [4.78, 5) is 11.3. The van der Waals surface area contributed by atoms with E-state index in [1.807, 2.05) is 56.6 Å². The van der Waals surface area contributed by atoms with Crippen molar-refractivity contribution in [1.82, 2.24) is 9.97 Å². The molecule has 3 rings (SSSR count). The molecule has 0 aliphatic carbocycles. The van der Waals surface area contributed by atoms with Gasteiger partial charge in [-0.3, -0.25) is 0 Å². The summed E-state index contributed by atoms with van der Waals surface area (Å²) in [6, 6.07) is 11.7. The van der Waals surface area contributed by atoms with Crippen LogP contribution in [0.3, 0.4) is 0 Å². The Hall–Kier alpha value is -3.02.